The maximum atomic E-state index is 12.1. The third-order valence-corrected chi connectivity index (χ3v) is 3.12. The largest absolute Gasteiger partial charge is 0.490 e. The summed E-state index contributed by atoms with van der Waals surface area (Å²) >= 11 is 0. The molecule has 0 bridgehead atoms. The monoisotopic (exact) mass is 293 g/mol. The molecule has 1 aromatic rings. The van der Waals surface area contributed by atoms with Crippen LogP contribution in [-0.2, 0) is 4.79 Å². The number of carbonyl (C=O) groups excluding carboxylic acids is 1. The summed E-state index contributed by atoms with van der Waals surface area (Å²) in [5, 5.41) is 9.30. The van der Waals surface area contributed by atoms with E-state index in [1.165, 1.54) is 6.07 Å². The molecule has 21 heavy (non-hydrogen) atoms. The Morgan fingerprint density at radius 1 is 1.19 bits per heavy atom. The van der Waals surface area contributed by atoms with Crippen molar-refractivity contribution in [1.82, 2.24) is 0 Å². The number of carbonyl (C=O) groups is 2. The third kappa shape index (κ3) is 3.45. The van der Waals surface area contributed by atoms with Crippen molar-refractivity contribution >= 4 is 17.7 Å². The minimum Gasteiger partial charge on any atom is -0.490 e. The van der Waals surface area contributed by atoms with Gasteiger partial charge in [0.05, 0.1) is 18.9 Å². The van der Waals surface area contributed by atoms with E-state index in [0.717, 1.165) is 17.7 Å². The first-order valence-electron chi connectivity index (χ1n) is 7.05. The molecule has 0 unspecified atom stereocenters. The summed E-state index contributed by atoms with van der Waals surface area (Å²) in [6.07, 6.45) is 0.217. The fourth-order valence-electron chi connectivity index (χ4n) is 2.02. The fraction of sp³-hybridized carbons (Fsp3) is 0.467. The number of amides is 2. The molecule has 6 nitrogen and oxygen atoms in total. The van der Waals surface area contributed by atoms with Crippen molar-refractivity contribution in [2.75, 3.05) is 18.1 Å². The second kappa shape index (κ2) is 6.47. The minimum atomic E-state index is -1.28. The van der Waals surface area contributed by atoms with E-state index in [1.807, 2.05) is 13.8 Å². The molecule has 1 aliphatic rings. The maximum Gasteiger partial charge on any atom is 0.418 e. The molecule has 1 aliphatic carbocycles. The number of rotatable bonds is 6. The molecule has 1 aromatic carbocycles. The molecule has 0 aliphatic heterocycles. The Hall–Kier alpha value is -2.24. The topological polar surface area (TPSA) is 76.1 Å². The van der Waals surface area contributed by atoms with Gasteiger partial charge in [0.1, 0.15) is 0 Å². The van der Waals surface area contributed by atoms with Gasteiger partial charge in [0.25, 0.3) is 0 Å². The van der Waals surface area contributed by atoms with Crippen molar-refractivity contribution in [3.05, 3.63) is 18.2 Å². The molecule has 1 N–H and O–H groups in total. The van der Waals surface area contributed by atoms with Gasteiger partial charge in [0, 0.05) is 12.0 Å². The molecule has 2 rings (SSSR count). The summed E-state index contributed by atoms with van der Waals surface area (Å²) in [4.78, 5) is 24.3. The number of ether oxygens (including phenoxy) is 2. The summed E-state index contributed by atoms with van der Waals surface area (Å²) in [6.45, 7) is 4.58. The van der Waals surface area contributed by atoms with Crippen LogP contribution in [-0.4, -0.2) is 30.3 Å². The zero-order valence-electron chi connectivity index (χ0n) is 12.2. The van der Waals surface area contributed by atoms with E-state index in [-0.39, 0.29) is 17.5 Å². The minimum absolute atomic E-state index is 0.178. The first-order valence-corrected chi connectivity index (χ1v) is 7.05. The SMILES string of the molecule is CCOc1ccc(N(C(=O)O)C(=O)C2CC2)cc1OCC. The normalized spacial score (nSPS) is 13.6. The average Bonchev–Trinajstić information content (AvgIpc) is 3.26. The lowest BCUT2D eigenvalue weighted by molar-refractivity contribution is -0.119. The Labute approximate surface area is 123 Å². The first-order chi connectivity index (χ1) is 10.1. The highest BCUT2D eigenvalue weighted by Crippen LogP contribution is 2.36. The van der Waals surface area contributed by atoms with Gasteiger partial charge in [-0.2, -0.15) is 0 Å². The predicted molar refractivity (Wildman–Crippen MR) is 77.0 cm³/mol. The highest BCUT2D eigenvalue weighted by molar-refractivity contribution is 6.13. The van der Waals surface area contributed by atoms with E-state index in [4.69, 9.17) is 9.47 Å². The summed E-state index contributed by atoms with van der Waals surface area (Å²) < 4.78 is 10.9. The van der Waals surface area contributed by atoms with Gasteiger partial charge in [-0.05, 0) is 38.8 Å². The molecule has 1 fully saturated rings. The standard InChI is InChI=1S/C15H19NO5/c1-3-20-12-8-7-11(9-13(12)21-4-2)16(15(18)19)14(17)10-5-6-10/h7-10H,3-6H2,1-2H3,(H,18,19). The van der Waals surface area contributed by atoms with Gasteiger partial charge in [-0.25, -0.2) is 9.69 Å². The summed E-state index contributed by atoms with van der Waals surface area (Å²) in [7, 11) is 0. The van der Waals surface area contributed by atoms with Crippen LogP contribution in [0.3, 0.4) is 0 Å². The molecule has 0 saturated heterocycles. The second-order valence-electron chi connectivity index (χ2n) is 4.73. The zero-order valence-corrected chi connectivity index (χ0v) is 12.2. The maximum absolute atomic E-state index is 12.1. The van der Waals surface area contributed by atoms with E-state index in [1.54, 1.807) is 12.1 Å². The van der Waals surface area contributed by atoms with Gasteiger partial charge in [0.15, 0.2) is 11.5 Å². The molecule has 1 saturated carbocycles. The number of hydrogen-bond donors (Lipinski definition) is 1. The number of nitrogens with zero attached hydrogens (tertiary/aromatic N) is 1. The third-order valence-electron chi connectivity index (χ3n) is 3.12. The number of benzene rings is 1. The highest BCUT2D eigenvalue weighted by Gasteiger charge is 2.37. The number of anilines is 1. The Morgan fingerprint density at radius 2 is 1.81 bits per heavy atom. The molecule has 0 spiro atoms. The molecule has 114 valence electrons. The molecule has 2 amide bonds. The Morgan fingerprint density at radius 3 is 2.33 bits per heavy atom. The van der Waals surface area contributed by atoms with Crippen molar-refractivity contribution in [2.45, 2.75) is 26.7 Å². The van der Waals surface area contributed by atoms with Crippen molar-refractivity contribution in [2.24, 2.45) is 5.92 Å². The van der Waals surface area contributed by atoms with Gasteiger partial charge in [0.2, 0.25) is 5.91 Å². The quantitative estimate of drug-likeness (QED) is 0.872. The molecule has 0 aromatic heterocycles. The fourth-order valence-corrected chi connectivity index (χ4v) is 2.02. The van der Waals surface area contributed by atoms with Crippen LogP contribution in [0.1, 0.15) is 26.7 Å². The zero-order chi connectivity index (χ0) is 15.4. The molecule has 0 heterocycles. The molecule has 6 heteroatoms. The first kappa shape index (κ1) is 15.2. The van der Waals surface area contributed by atoms with Gasteiger partial charge in [-0.15, -0.1) is 0 Å². The van der Waals surface area contributed by atoms with E-state index >= 15 is 0 Å². The number of hydrogen-bond acceptors (Lipinski definition) is 4. The van der Waals surface area contributed by atoms with E-state index in [0.29, 0.717) is 24.7 Å². The Balaban J connectivity index is 2.33. The lowest BCUT2D eigenvalue weighted by Crippen LogP contribution is -2.36. The Kier molecular flexibility index (Phi) is 4.67. The van der Waals surface area contributed by atoms with Crippen molar-refractivity contribution in [3.8, 4) is 11.5 Å². The smallest absolute Gasteiger partial charge is 0.418 e. The van der Waals surface area contributed by atoms with Crippen LogP contribution in [0.15, 0.2) is 18.2 Å². The van der Waals surface area contributed by atoms with Crippen LogP contribution >= 0.6 is 0 Å². The van der Waals surface area contributed by atoms with Crippen molar-refractivity contribution in [3.63, 3.8) is 0 Å². The molecular formula is C15H19NO5. The summed E-state index contributed by atoms with van der Waals surface area (Å²) in [5.41, 5.74) is 0.284. The second-order valence-corrected chi connectivity index (χ2v) is 4.73. The predicted octanol–water partition coefficient (Wildman–Crippen LogP) is 2.91. The molecule has 0 atom stereocenters. The van der Waals surface area contributed by atoms with Gasteiger partial charge in [-0.1, -0.05) is 0 Å². The van der Waals surface area contributed by atoms with Crippen LogP contribution < -0.4 is 14.4 Å². The van der Waals surface area contributed by atoms with Gasteiger partial charge in [-0.3, -0.25) is 4.79 Å². The van der Waals surface area contributed by atoms with Gasteiger partial charge >= 0.3 is 6.09 Å². The molecular weight excluding hydrogens is 274 g/mol. The Bertz CT molecular complexity index is 539. The summed E-state index contributed by atoms with van der Waals surface area (Å²) in [5.74, 6) is 0.413. The highest BCUT2D eigenvalue weighted by atomic mass is 16.5. The number of imide groups is 1. The van der Waals surface area contributed by atoms with Gasteiger partial charge < -0.3 is 14.6 Å². The lowest BCUT2D eigenvalue weighted by Gasteiger charge is -2.19. The van der Waals surface area contributed by atoms with Crippen LogP contribution in [0.2, 0.25) is 0 Å². The van der Waals surface area contributed by atoms with Crippen LogP contribution in [0.4, 0.5) is 10.5 Å². The van der Waals surface area contributed by atoms with Crippen LogP contribution in [0.25, 0.3) is 0 Å². The van der Waals surface area contributed by atoms with Crippen LogP contribution in [0.5, 0.6) is 11.5 Å². The lowest BCUT2D eigenvalue weighted by atomic mass is 10.2. The molecule has 0 radical (unpaired) electrons. The van der Waals surface area contributed by atoms with Crippen molar-refractivity contribution in [1.29, 1.82) is 0 Å². The number of carboxylic acid groups (broad SMARTS) is 1. The van der Waals surface area contributed by atoms with E-state index in [2.05, 4.69) is 0 Å². The van der Waals surface area contributed by atoms with E-state index < -0.39 is 6.09 Å². The van der Waals surface area contributed by atoms with Crippen molar-refractivity contribution < 1.29 is 24.2 Å². The average molecular weight is 293 g/mol. The van der Waals surface area contributed by atoms with E-state index in [9.17, 15) is 14.7 Å². The summed E-state index contributed by atoms with van der Waals surface area (Å²) in [6, 6.07) is 4.71. The van der Waals surface area contributed by atoms with Crippen LogP contribution in [0, 0.1) is 5.92 Å².